The molecule has 7 heteroatoms. The maximum absolute atomic E-state index is 12.7. The number of hydrogen-bond donors (Lipinski definition) is 2. The van der Waals surface area contributed by atoms with Crippen molar-refractivity contribution < 1.29 is 14.3 Å². The molecule has 1 fully saturated rings. The summed E-state index contributed by atoms with van der Waals surface area (Å²) in [6.07, 6.45) is 0. The van der Waals surface area contributed by atoms with Crippen LogP contribution in [0.4, 0.5) is 4.79 Å². The molecule has 0 spiro atoms. The summed E-state index contributed by atoms with van der Waals surface area (Å²) in [5.74, 6) is -0.391. The van der Waals surface area contributed by atoms with Gasteiger partial charge >= 0.3 is 12.0 Å². The highest BCUT2D eigenvalue weighted by Gasteiger charge is 2.34. The Hall–Kier alpha value is -2.38. The normalized spacial score (nSPS) is 21.9. The molecular formula is C19H26N4O3. The number of likely N-dealkylation sites (N-methyl/N-ethyl adjacent to an activating group) is 1. The van der Waals surface area contributed by atoms with Gasteiger partial charge in [-0.15, -0.1) is 0 Å². The summed E-state index contributed by atoms with van der Waals surface area (Å²) in [6.45, 7) is 6.33. The van der Waals surface area contributed by atoms with Crippen LogP contribution in [0.25, 0.3) is 0 Å². The number of benzene rings is 1. The number of piperazine rings is 1. The van der Waals surface area contributed by atoms with Crippen LogP contribution in [-0.4, -0.2) is 68.2 Å². The van der Waals surface area contributed by atoms with Crippen LogP contribution >= 0.6 is 0 Å². The van der Waals surface area contributed by atoms with Gasteiger partial charge in [-0.05, 0) is 19.5 Å². The van der Waals surface area contributed by atoms with Gasteiger partial charge in [-0.3, -0.25) is 4.90 Å². The topological polar surface area (TPSA) is 73.9 Å². The summed E-state index contributed by atoms with van der Waals surface area (Å²) in [6, 6.07) is 8.71. The fraction of sp³-hybridized carbons (Fsp3) is 0.474. The molecule has 7 nitrogen and oxygen atoms in total. The molecule has 0 bridgehead atoms. The molecule has 0 radical (unpaired) electrons. The Bertz CT molecular complexity index is 681. The summed E-state index contributed by atoms with van der Waals surface area (Å²) < 4.78 is 5.29. The Labute approximate surface area is 154 Å². The third-order valence-electron chi connectivity index (χ3n) is 4.76. The van der Waals surface area contributed by atoms with Gasteiger partial charge in [0.1, 0.15) is 0 Å². The van der Waals surface area contributed by atoms with Gasteiger partial charge in [0, 0.05) is 38.4 Å². The van der Waals surface area contributed by atoms with Crippen LogP contribution in [0.5, 0.6) is 0 Å². The minimum Gasteiger partial charge on any atom is -0.463 e. The van der Waals surface area contributed by atoms with Gasteiger partial charge in [-0.2, -0.15) is 0 Å². The molecule has 2 N–H and O–H groups in total. The van der Waals surface area contributed by atoms with Gasteiger partial charge in [-0.25, -0.2) is 9.59 Å². The fourth-order valence-corrected chi connectivity index (χ4v) is 3.32. The highest BCUT2D eigenvalue weighted by Crippen LogP contribution is 2.28. The first-order valence-corrected chi connectivity index (χ1v) is 9.02. The number of nitrogens with one attached hydrogen (secondary N) is 2. The molecule has 1 aromatic carbocycles. The molecule has 0 unspecified atom stereocenters. The Balaban J connectivity index is 1.93. The average molecular weight is 358 g/mol. The van der Waals surface area contributed by atoms with Crippen LogP contribution in [0.15, 0.2) is 41.6 Å². The number of urea groups is 1. The van der Waals surface area contributed by atoms with Gasteiger partial charge in [0.05, 0.1) is 18.2 Å². The highest BCUT2D eigenvalue weighted by molar-refractivity contribution is 5.95. The summed E-state index contributed by atoms with van der Waals surface area (Å²) in [5.41, 5.74) is 1.98. The number of nitrogens with zero attached hydrogens (tertiary/aromatic N) is 2. The van der Waals surface area contributed by atoms with Gasteiger partial charge in [-0.1, -0.05) is 30.3 Å². The number of rotatable bonds is 5. The monoisotopic (exact) mass is 358 g/mol. The van der Waals surface area contributed by atoms with Gasteiger partial charge < -0.3 is 20.3 Å². The van der Waals surface area contributed by atoms with Crippen molar-refractivity contribution in [3.8, 4) is 0 Å². The minimum absolute atomic E-state index is 0.291. The summed E-state index contributed by atoms with van der Waals surface area (Å²) in [5, 5.41) is 5.70. The van der Waals surface area contributed by atoms with Crippen LogP contribution in [0.3, 0.4) is 0 Å². The Morgan fingerprint density at radius 2 is 1.88 bits per heavy atom. The van der Waals surface area contributed by atoms with E-state index < -0.39 is 12.0 Å². The van der Waals surface area contributed by atoms with E-state index in [1.807, 2.05) is 30.3 Å². The number of esters is 1. The zero-order valence-electron chi connectivity index (χ0n) is 15.3. The lowest BCUT2D eigenvalue weighted by molar-refractivity contribution is -0.139. The quantitative estimate of drug-likeness (QED) is 0.772. The first kappa shape index (κ1) is 18.4. The third-order valence-corrected chi connectivity index (χ3v) is 4.76. The molecule has 0 aliphatic carbocycles. The van der Waals surface area contributed by atoms with E-state index >= 15 is 0 Å². The lowest BCUT2D eigenvalue weighted by atomic mass is 9.95. The number of ether oxygens (including phenoxy) is 1. The standard InChI is InChI=1S/C19H26N4O3/c1-3-26-18(24)16-15(13-23-11-9-22(2)10-12-23)20-19(25)21-17(16)14-7-5-4-6-8-14/h4-8,17H,3,9-13H2,1-2H3,(H2,20,21,25)/t17-/m1/s1. The molecule has 3 rings (SSSR count). The van der Waals surface area contributed by atoms with E-state index in [0.717, 1.165) is 31.7 Å². The average Bonchev–Trinajstić information content (AvgIpc) is 2.64. The van der Waals surface area contributed by atoms with Crippen LogP contribution in [0.1, 0.15) is 18.5 Å². The SMILES string of the molecule is CCOC(=O)C1=C(CN2CCN(C)CC2)NC(=O)N[C@@H]1c1ccccc1. The highest BCUT2D eigenvalue weighted by atomic mass is 16.5. The number of carbonyl (C=O) groups is 2. The molecule has 0 saturated carbocycles. The lowest BCUT2D eigenvalue weighted by Gasteiger charge is -2.35. The fourth-order valence-electron chi connectivity index (χ4n) is 3.32. The predicted molar refractivity (Wildman–Crippen MR) is 98.4 cm³/mol. The number of hydrogen-bond acceptors (Lipinski definition) is 5. The van der Waals surface area contributed by atoms with E-state index in [1.165, 1.54) is 0 Å². The van der Waals surface area contributed by atoms with Gasteiger partial charge in [0.2, 0.25) is 0 Å². The van der Waals surface area contributed by atoms with E-state index in [1.54, 1.807) is 6.92 Å². The second kappa shape index (κ2) is 8.33. The first-order chi connectivity index (χ1) is 12.6. The summed E-state index contributed by atoms with van der Waals surface area (Å²) >= 11 is 0. The second-order valence-corrected chi connectivity index (χ2v) is 6.63. The maximum atomic E-state index is 12.7. The predicted octanol–water partition coefficient (Wildman–Crippen LogP) is 1.11. The van der Waals surface area contributed by atoms with Crippen molar-refractivity contribution >= 4 is 12.0 Å². The Morgan fingerprint density at radius 3 is 2.54 bits per heavy atom. The lowest BCUT2D eigenvalue weighted by Crippen LogP contribution is -2.51. The molecule has 2 aliphatic heterocycles. The minimum atomic E-state index is -0.508. The van der Waals surface area contributed by atoms with Crippen molar-refractivity contribution in [1.82, 2.24) is 20.4 Å². The van der Waals surface area contributed by atoms with Crippen molar-refractivity contribution in [3.05, 3.63) is 47.2 Å². The molecule has 1 saturated heterocycles. The molecular weight excluding hydrogens is 332 g/mol. The van der Waals surface area contributed by atoms with Crippen LogP contribution in [0.2, 0.25) is 0 Å². The van der Waals surface area contributed by atoms with E-state index in [9.17, 15) is 9.59 Å². The maximum Gasteiger partial charge on any atom is 0.338 e. The van der Waals surface area contributed by atoms with Crippen molar-refractivity contribution in [2.24, 2.45) is 0 Å². The largest absolute Gasteiger partial charge is 0.463 e. The molecule has 1 aromatic rings. The molecule has 0 aromatic heterocycles. The third kappa shape index (κ3) is 4.23. The molecule has 26 heavy (non-hydrogen) atoms. The number of carbonyl (C=O) groups excluding carboxylic acids is 2. The van der Waals surface area contributed by atoms with Gasteiger partial charge in [0.15, 0.2) is 0 Å². The smallest absolute Gasteiger partial charge is 0.338 e. The second-order valence-electron chi connectivity index (χ2n) is 6.63. The van der Waals surface area contributed by atoms with E-state index in [2.05, 4.69) is 27.5 Å². The summed E-state index contributed by atoms with van der Waals surface area (Å²) in [7, 11) is 2.10. The molecule has 2 aliphatic rings. The zero-order chi connectivity index (χ0) is 18.5. The van der Waals surface area contributed by atoms with Crippen LogP contribution < -0.4 is 10.6 Å². The van der Waals surface area contributed by atoms with Crippen molar-refractivity contribution in [2.75, 3.05) is 46.4 Å². The van der Waals surface area contributed by atoms with Gasteiger partial charge in [0.25, 0.3) is 0 Å². The Kier molecular flexibility index (Phi) is 5.90. The van der Waals surface area contributed by atoms with Crippen molar-refractivity contribution in [3.63, 3.8) is 0 Å². The van der Waals surface area contributed by atoms with Crippen LogP contribution in [-0.2, 0) is 9.53 Å². The van der Waals surface area contributed by atoms with E-state index in [4.69, 9.17) is 4.74 Å². The van der Waals surface area contributed by atoms with E-state index in [0.29, 0.717) is 24.4 Å². The van der Waals surface area contributed by atoms with Crippen molar-refractivity contribution in [1.29, 1.82) is 0 Å². The Morgan fingerprint density at radius 1 is 1.19 bits per heavy atom. The molecule has 2 heterocycles. The zero-order valence-corrected chi connectivity index (χ0v) is 15.3. The van der Waals surface area contributed by atoms with Crippen molar-refractivity contribution in [2.45, 2.75) is 13.0 Å². The van der Waals surface area contributed by atoms with E-state index in [-0.39, 0.29) is 6.03 Å². The van der Waals surface area contributed by atoms with Crippen LogP contribution in [0, 0.1) is 0 Å². The molecule has 2 amide bonds. The molecule has 140 valence electrons. The first-order valence-electron chi connectivity index (χ1n) is 9.02. The number of amides is 2. The summed E-state index contributed by atoms with van der Waals surface area (Å²) in [4.78, 5) is 29.5. The molecule has 1 atom stereocenters.